The molecule has 7 nitrogen and oxygen atoms in total. The number of amides is 1. The van der Waals surface area contributed by atoms with Crippen LogP contribution in [-0.4, -0.2) is 41.5 Å². The van der Waals surface area contributed by atoms with Gasteiger partial charge in [-0.15, -0.1) is 0 Å². The van der Waals surface area contributed by atoms with Gasteiger partial charge in [-0.1, -0.05) is 12.5 Å². The number of halogens is 2. The molecule has 2 aromatic carbocycles. The van der Waals surface area contributed by atoms with Gasteiger partial charge >= 0.3 is 0 Å². The van der Waals surface area contributed by atoms with Crippen molar-refractivity contribution in [2.75, 3.05) is 18.4 Å². The van der Waals surface area contributed by atoms with E-state index in [-0.39, 0.29) is 10.6 Å². The molecule has 10 heteroatoms. The molecule has 1 aliphatic carbocycles. The summed E-state index contributed by atoms with van der Waals surface area (Å²) in [6.07, 6.45) is 4.82. The first kappa shape index (κ1) is 22.7. The van der Waals surface area contributed by atoms with Gasteiger partial charge in [0.05, 0.1) is 10.6 Å². The Hall–Kier alpha value is -3.11. The number of hydrogen-bond acceptors (Lipinski definition) is 4. The summed E-state index contributed by atoms with van der Waals surface area (Å²) in [4.78, 5) is 13.3. The van der Waals surface area contributed by atoms with Gasteiger partial charge in [-0.2, -0.15) is 9.40 Å². The van der Waals surface area contributed by atoms with Gasteiger partial charge in [-0.3, -0.25) is 4.79 Å². The summed E-state index contributed by atoms with van der Waals surface area (Å²) in [6, 6.07) is 9.69. The zero-order valence-electron chi connectivity index (χ0n) is 18.4. The Labute approximate surface area is 196 Å². The molecule has 178 valence electrons. The third-order valence-corrected chi connectivity index (χ3v) is 8.23. The van der Waals surface area contributed by atoms with Gasteiger partial charge < -0.3 is 5.32 Å². The molecular formula is C24H24F2N4O3S. The van der Waals surface area contributed by atoms with Gasteiger partial charge in [0.25, 0.3) is 5.91 Å². The molecule has 0 saturated carbocycles. The van der Waals surface area contributed by atoms with Crippen molar-refractivity contribution in [3.8, 4) is 5.69 Å². The largest absolute Gasteiger partial charge is 0.321 e. The summed E-state index contributed by atoms with van der Waals surface area (Å²) < 4.78 is 56.1. The lowest BCUT2D eigenvalue weighted by molar-refractivity contribution is 0.102. The number of nitrogens with zero attached hydrogens (tertiary/aromatic N) is 3. The lowest BCUT2D eigenvalue weighted by atomic mass is 10.2. The molecule has 1 N–H and O–H groups in total. The molecule has 1 aromatic heterocycles. The summed E-state index contributed by atoms with van der Waals surface area (Å²) in [5.41, 5.74) is 2.43. The van der Waals surface area contributed by atoms with Crippen LogP contribution in [0.15, 0.2) is 47.4 Å². The van der Waals surface area contributed by atoms with E-state index < -0.39 is 27.6 Å². The van der Waals surface area contributed by atoms with Crippen LogP contribution >= 0.6 is 0 Å². The summed E-state index contributed by atoms with van der Waals surface area (Å²) in [6.45, 7) is 0.985. The topological polar surface area (TPSA) is 84.3 Å². The average Bonchev–Trinajstić information content (AvgIpc) is 3.45. The number of hydrogen-bond donors (Lipinski definition) is 1. The molecule has 0 unspecified atom stereocenters. The Bertz CT molecular complexity index is 1360. The highest BCUT2D eigenvalue weighted by atomic mass is 32.2. The van der Waals surface area contributed by atoms with Gasteiger partial charge in [0.2, 0.25) is 10.0 Å². The Balaban J connectivity index is 1.42. The zero-order valence-corrected chi connectivity index (χ0v) is 19.2. The van der Waals surface area contributed by atoms with E-state index in [2.05, 4.69) is 10.4 Å². The van der Waals surface area contributed by atoms with Crippen LogP contribution in [0.5, 0.6) is 0 Å². The van der Waals surface area contributed by atoms with E-state index >= 15 is 0 Å². The van der Waals surface area contributed by atoms with Gasteiger partial charge in [0.1, 0.15) is 0 Å². The van der Waals surface area contributed by atoms with E-state index in [1.165, 1.54) is 27.2 Å². The molecule has 2 aliphatic rings. The second-order valence-corrected chi connectivity index (χ2v) is 10.5. The Morgan fingerprint density at radius 1 is 0.941 bits per heavy atom. The van der Waals surface area contributed by atoms with Crippen LogP contribution in [0.4, 0.5) is 14.5 Å². The normalized spacial score (nSPS) is 16.4. The van der Waals surface area contributed by atoms with Crippen LogP contribution in [0, 0.1) is 11.6 Å². The quantitative estimate of drug-likeness (QED) is 0.589. The smallest absolute Gasteiger partial charge is 0.276 e. The number of piperidine rings is 1. The standard InChI is InChI=1S/C24H24F2N4O3S/c25-20-11-10-17(15-21(20)26)30-22-9-5-8-19(22)23(28-30)24(31)27-16-6-4-7-18(14-16)34(32,33)29-12-2-1-3-13-29/h4,6-7,10-11,14-15H,1-3,5,8-9,12-13H2,(H,27,31). The molecule has 34 heavy (non-hydrogen) atoms. The molecule has 0 atom stereocenters. The highest BCUT2D eigenvalue weighted by molar-refractivity contribution is 7.89. The highest BCUT2D eigenvalue weighted by Gasteiger charge is 2.29. The minimum Gasteiger partial charge on any atom is -0.321 e. The molecule has 5 rings (SSSR count). The first-order valence-electron chi connectivity index (χ1n) is 11.3. The van der Waals surface area contributed by atoms with Crippen molar-refractivity contribution in [3.05, 3.63) is 71.1 Å². The van der Waals surface area contributed by atoms with E-state index in [4.69, 9.17) is 0 Å². The fourth-order valence-corrected chi connectivity index (χ4v) is 6.19. The van der Waals surface area contributed by atoms with Crippen molar-refractivity contribution in [2.45, 2.75) is 43.4 Å². The molecule has 0 spiro atoms. The molecule has 1 amide bonds. The molecule has 1 fully saturated rings. The second-order valence-electron chi connectivity index (χ2n) is 8.58. The second kappa shape index (κ2) is 8.92. The molecular weight excluding hydrogens is 462 g/mol. The lowest BCUT2D eigenvalue weighted by Gasteiger charge is -2.26. The van der Waals surface area contributed by atoms with E-state index in [1.54, 1.807) is 12.1 Å². The monoisotopic (exact) mass is 486 g/mol. The van der Waals surface area contributed by atoms with Gasteiger partial charge in [0.15, 0.2) is 17.3 Å². The van der Waals surface area contributed by atoms with Crippen molar-refractivity contribution in [1.82, 2.24) is 14.1 Å². The Kier molecular flexibility index (Phi) is 5.95. The summed E-state index contributed by atoms with van der Waals surface area (Å²) in [7, 11) is -3.64. The maximum absolute atomic E-state index is 13.8. The van der Waals surface area contributed by atoms with E-state index in [0.717, 1.165) is 49.1 Å². The minimum absolute atomic E-state index is 0.129. The van der Waals surface area contributed by atoms with E-state index in [1.807, 2.05) is 0 Å². The SMILES string of the molecule is O=C(Nc1cccc(S(=O)(=O)N2CCCCC2)c1)c1nn(-c2ccc(F)c(F)c2)c2c1CCC2. The van der Waals surface area contributed by atoms with Crippen molar-refractivity contribution in [2.24, 2.45) is 0 Å². The van der Waals surface area contributed by atoms with E-state index in [0.29, 0.717) is 37.3 Å². The predicted molar refractivity (Wildman–Crippen MR) is 123 cm³/mol. The molecule has 1 saturated heterocycles. The zero-order chi connectivity index (χ0) is 23.9. The Morgan fingerprint density at radius 2 is 1.74 bits per heavy atom. The Morgan fingerprint density at radius 3 is 2.50 bits per heavy atom. The van der Waals surface area contributed by atoms with E-state index in [9.17, 15) is 22.0 Å². The third kappa shape index (κ3) is 4.12. The number of nitrogens with one attached hydrogen (secondary N) is 1. The van der Waals surface area contributed by atoms with Gasteiger partial charge in [-0.25, -0.2) is 21.9 Å². The van der Waals surface area contributed by atoms with Gasteiger partial charge in [0, 0.05) is 36.1 Å². The maximum Gasteiger partial charge on any atom is 0.276 e. The molecule has 1 aliphatic heterocycles. The third-order valence-electron chi connectivity index (χ3n) is 6.34. The van der Waals surface area contributed by atoms with Crippen molar-refractivity contribution in [3.63, 3.8) is 0 Å². The van der Waals surface area contributed by atoms with Crippen LogP contribution in [0.25, 0.3) is 5.69 Å². The van der Waals surface area contributed by atoms with Crippen LogP contribution in [0.3, 0.4) is 0 Å². The molecule has 3 aromatic rings. The fourth-order valence-electron chi connectivity index (χ4n) is 4.63. The first-order chi connectivity index (χ1) is 16.3. The number of sulfonamides is 1. The van der Waals surface area contributed by atoms with Crippen LogP contribution in [0.2, 0.25) is 0 Å². The fraction of sp³-hybridized carbons (Fsp3) is 0.333. The number of benzene rings is 2. The van der Waals surface area contributed by atoms with Crippen molar-refractivity contribution < 1.29 is 22.0 Å². The number of carbonyl (C=O) groups excluding carboxylic acids is 1. The summed E-state index contributed by atoms with van der Waals surface area (Å²) >= 11 is 0. The summed E-state index contributed by atoms with van der Waals surface area (Å²) in [5.74, 6) is -2.42. The summed E-state index contributed by atoms with van der Waals surface area (Å²) in [5, 5.41) is 7.16. The number of rotatable bonds is 5. The molecule has 0 bridgehead atoms. The van der Waals surface area contributed by atoms with Gasteiger partial charge in [-0.05, 0) is 62.4 Å². The molecule has 0 radical (unpaired) electrons. The molecule has 2 heterocycles. The number of fused-ring (bicyclic) bond motifs is 1. The first-order valence-corrected chi connectivity index (χ1v) is 12.8. The van der Waals surface area contributed by atoms with Crippen LogP contribution < -0.4 is 5.32 Å². The number of aromatic nitrogens is 2. The number of carbonyl (C=O) groups is 1. The van der Waals surface area contributed by atoms with Crippen LogP contribution in [0.1, 0.15) is 47.4 Å². The van der Waals surface area contributed by atoms with Crippen molar-refractivity contribution in [1.29, 1.82) is 0 Å². The van der Waals surface area contributed by atoms with Crippen LogP contribution in [-0.2, 0) is 22.9 Å². The lowest BCUT2D eigenvalue weighted by Crippen LogP contribution is -2.35. The number of anilines is 1. The highest BCUT2D eigenvalue weighted by Crippen LogP contribution is 2.29. The maximum atomic E-state index is 13.8. The average molecular weight is 487 g/mol. The minimum atomic E-state index is -3.64. The van der Waals surface area contributed by atoms with Crippen molar-refractivity contribution >= 4 is 21.6 Å². The predicted octanol–water partition coefficient (Wildman–Crippen LogP) is 4.07.